The number of likely N-dealkylation sites (N-methyl/N-ethyl adjacent to an activating group) is 2. The molecule has 0 bridgehead atoms. The lowest BCUT2D eigenvalue weighted by atomic mass is 9.79. The number of amides is 2. The van der Waals surface area contributed by atoms with Crippen LogP contribution in [0.1, 0.15) is 40.0 Å². The highest BCUT2D eigenvalue weighted by Gasteiger charge is 2.38. The van der Waals surface area contributed by atoms with Gasteiger partial charge >= 0.3 is 5.97 Å². The van der Waals surface area contributed by atoms with Gasteiger partial charge in [-0.1, -0.05) is 13.8 Å². The van der Waals surface area contributed by atoms with Gasteiger partial charge in [0, 0.05) is 27.1 Å². The molecule has 0 aliphatic heterocycles. The number of nitrogens with zero attached hydrogens (tertiary/aromatic N) is 2. The van der Waals surface area contributed by atoms with Crippen molar-refractivity contribution >= 4 is 17.8 Å². The second kappa shape index (κ2) is 7.87. The van der Waals surface area contributed by atoms with Gasteiger partial charge in [0.05, 0.1) is 12.0 Å². The lowest BCUT2D eigenvalue weighted by Crippen LogP contribution is -2.43. The van der Waals surface area contributed by atoms with Crippen molar-refractivity contribution in [1.82, 2.24) is 9.80 Å². The van der Waals surface area contributed by atoms with E-state index in [4.69, 9.17) is 0 Å². The molecule has 20 heavy (non-hydrogen) atoms. The smallest absolute Gasteiger partial charge is 0.310 e. The summed E-state index contributed by atoms with van der Waals surface area (Å²) in [6.07, 6.45) is 0.720. The molecule has 0 saturated carbocycles. The quantitative estimate of drug-likeness (QED) is 0.727. The number of hydrogen-bond donors (Lipinski definition) is 1. The highest BCUT2D eigenvalue weighted by atomic mass is 16.4. The Balaban J connectivity index is 4.93. The topological polar surface area (TPSA) is 77.9 Å². The Morgan fingerprint density at radius 3 is 1.80 bits per heavy atom. The van der Waals surface area contributed by atoms with Crippen LogP contribution in [0.25, 0.3) is 0 Å². The summed E-state index contributed by atoms with van der Waals surface area (Å²) in [5, 5.41) is 9.35. The molecule has 0 aromatic carbocycles. The maximum Gasteiger partial charge on any atom is 0.310 e. The molecule has 0 unspecified atom stereocenters. The van der Waals surface area contributed by atoms with Crippen molar-refractivity contribution in [2.75, 3.05) is 27.2 Å². The van der Waals surface area contributed by atoms with Crippen molar-refractivity contribution in [3.8, 4) is 0 Å². The third kappa shape index (κ3) is 4.51. The summed E-state index contributed by atoms with van der Waals surface area (Å²) in [5.74, 6) is -1.41. The van der Waals surface area contributed by atoms with E-state index in [1.807, 2.05) is 0 Å². The molecule has 0 fully saturated rings. The van der Waals surface area contributed by atoms with E-state index >= 15 is 0 Å². The van der Waals surface area contributed by atoms with Crippen LogP contribution in [0, 0.1) is 5.41 Å². The molecule has 0 aliphatic carbocycles. The minimum atomic E-state index is -1.04. The zero-order valence-electron chi connectivity index (χ0n) is 13.1. The minimum absolute atomic E-state index is 0.00847. The van der Waals surface area contributed by atoms with Crippen molar-refractivity contribution in [2.45, 2.75) is 40.0 Å². The molecule has 6 nitrogen and oxygen atoms in total. The Morgan fingerprint density at radius 1 is 1.00 bits per heavy atom. The fraction of sp³-hybridized carbons (Fsp3) is 0.786. The second-order valence-corrected chi connectivity index (χ2v) is 5.17. The minimum Gasteiger partial charge on any atom is -0.481 e. The highest BCUT2D eigenvalue weighted by molar-refractivity contribution is 5.88. The summed E-state index contributed by atoms with van der Waals surface area (Å²) in [6, 6.07) is 0. The van der Waals surface area contributed by atoms with Crippen molar-refractivity contribution in [3.63, 3.8) is 0 Å². The summed E-state index contributed by atoms with van der Waals surface area (Å²) in [7, 11) is 3.25. The van der Waals surface area contributed by atoms with Crippen LogP contribution in [0.5, 0.6) is 0 Å². The van der Waals surface area contributed by atoms with E-state index < -0.39 is 11.4 Å². The zero-order chi connectivity index (χ0) is 15.9. The number of aliphatic carboxylic acids is 1. The third-order valence-electron chi connectivity index (χ3n) is 3.86. The maximum absolute atomic E-state index is 12.3. The molecule has 0 heterocycles. The van der Waals surface area contributed by atoms with Crippen LogP contribution in [0.4, 0.5) is 0 Å². The van der Waals surface area contributed by atoms with Gasteiger partial charge in [-0.15, -0.1) is 0 Å². The van der Waals surface area contributed by atoms with Crippen LogP contribution in [0.2, 0.25) is 0 Å². The van der Waals surface area contributed by atoms with E-state index in [9.17, 15) is 19.5 Å². The summed E-state index contributed by atoms with van der Waals surface area (Å²) in [5.41, 5.74) is -1.04. The van der Waals surface area contributed by atoms with Gasteiger partial charge in [-0.3, -0.25) is 14.4 Å². The van der Waals surface area contributed by atoms with Gasteiger partial charge in [0.2, 0.25) is 11.8 Å². The Bertz CT molecular complexity index is 362. The van der Waals surface area contributed by atoms with Crippen LogP contribution >= 0.6 is 0 Å². The van der Waals surface area contributed by atoms with E-state index in [2.05, 4.69) is 0 Å². The van der Waals surface area contributed by atoms with Crippen molar-refractivity contribution in [2.24, 2.45) is 5.41 Å². The molecule has 6 heteroatoms. The molecule has 0 aromatic heterocycles. The summed E-state index contributed by atoms with van der Waals surface area (Å²) < 4.78 is 0. The van der Waals surface area contributed by atoms with Crippen LogP contribution in [0.3, 0.4) is 0 Å². The highest BCUT2D eigenvalue weighted by Crippen LogP contribution is 2.31. The Labute approximate surface area is 120 Å². The predicted octanol–water partition coefficient (Wildman–Crippen LogP) is 1.20. The van der Waals surface area contributed by atoms with Crippen LogP contribution < -0.4 is 0 Å². The predicted molar refractivity (Wildman–Crippen MR) is 76.2 cm³/mol. The molecule has 0 aliphatic rings. The standard InChI is InChI=1S/C14H26N2O4/c1-6-14(7-2,13(19)20)9-11(17)16(8-3)10-12(18)15(4)5/h6-10H2,1-5H3,(H,19,20). The van der Waals surface area contributed by atoms with Crippen LogP contribution in [0.15, 0.2) is 0 Å². The first kappa shape index (κ1) is 18.4. The SMILES string of the molecule is CCN(CC(=O)N(C)C)C(=O)CC(CC)(CC)C(=O)O. The van der Waals surface area contributed by atoms with Crippen molar-refractivity contribution < 1.29 is 19.5 Å². The van der Waals surface area contributed by atoms with Crippen molar-refractivity contribution in [3.05, 3.63) is 0 Å². The normalized spacial score (nSPS) is 11.1. The number of carbonyl (C=O) groups excluding carboxylic acids is 2. The average molecular weight is 286 g/mol. The molecule has 2 amide bonds. The monoisotopic (exact) mass is 286 g/mol. The van der Waals surface area contributed by atoms with Gasteiger partial charge in [0.15, 0.2) is 0 Å². The summed E-state index contributed by atoms with van der Waals surface area (Å²) >= 11 is 0. The van der Waals surface area contributed by atoms with Gasteiger partial charge < -0.3 is 14.9 Å². The molecule has 0 atom stereocenters. The van der Waals surface area contributed by atoms with E-state index in [0.29, 0.717) is 19.4 Å². The molecule has 0 rings (SSSR count). The maximum atomic E-state index is 12.3. The molecular formula is C14H26N2O4. The van der Waals surface area contributed by atoms with Gasteiger partial charge in [0.1, 0.15) is 0 Å². The number of carboxylic acids is 1. The first-order valence-electron chi connectivity index (χ1n) is 6.95. The number of carbonyl (C=O) groups is 3. The molecule has 0 spiro atoms. The molecule has 0 radical (unpaired) electrons. The Hall–Kier alpha value is -1.59. The first-order chi connectivity index (χ1) is 9.23. The summed E-state index contributed by atoms with van der Waals surface area (Å²) in [4.78, 5) is 38.2. The third-order valence-corrected chi connectivity index (χ3v) is 3.86. The van der Waals surface area contributed by atoms with E-state index in [1.54, 1.807) is 34.9 Å². The van der Waals surface area contributed by atoms with Gasteiger partial charge in [-0.25, -0.2) is 0 Å². The average Bonchev–Trinajstić information content (AvgIpc) is 2.40. The van der Waals surface area contributed by atoms with Gasteiger partial charge in [-0.2, -0.15) is 0 Å². The lowest BCUT2D eigenvalue weighted by Gasteiger charge is -2.30. The zero-order valence-corrected chi connectivity index (χ0v) is 13.1. The molecule has 0 aromatic rings. The van der Waals surface area contributed by atoms with E-state index in [0.717, 1.165) is 0 Å². The van der Waals surface area contributed by atoms with E-state index in [1.165, 1.54) is 9.80 Å². The molecule has 1 N–H and O–H groups in total. The van der Waals surface area contributed by atoms with Gasteiger partial charge in [0.25, 0.3) is 0 Å². The lowest BCUT2D eigenvalue weighted by molar-refractivity contribution is -0.154. The second-order valence-electron chi connectivity index (χ2n) is 5.17. The Morgan fingerprint density at radius 2 is 1.50 bits per heavy atom. The summed E-state index contributed by atoms with van der Waals surface area (Å²) in [6.45, 7) is 5.70. The number of carboxylic acid groups (broad SMARTS) is 1. The first-order valence-corrected chi connectivity index (χ1v) is 6.95. The van der Waals surface area contributed by atoms with Crippen molar-refractivity contribution in [1.29, 1.82) is 0 Å². The van der Waals surface area contributed by atoms with E-state index in [-0.39, 0.29) is 24.8 Å². The fourth-order valence-corrected chi connectivity index (χ4v) is 1.96. The van der Waals surface area contributed by atoms with Crippen LogP contribution in [-0.4, -0.2) is 59.9 Å². The number of hydrogen-bond acceptors (Lipinski definition) is 3. The van der Waals surface area contributed by atoms with Crippen LogP contribution in [-0.2, 0) is 14.4 Å². The molecule has 116 valence electrons. The molecule has 0 saturated heterocycles. The molecular weight excluding hydrogens is 260 g/mol. The largest absolute Gasteiger partial charge is 0.481 e. The number of rotatable bonds is 8. The van der Waals surface area contributed by atoms with Gasteiger partial charge in [-0.05, 0) is 19.8 Å². The Kier molecular flexibility index (Phi) is 7.24. The fourth-order valence-electron chi connectivity index (χ4n) is 1.96.